The molecule has 0 radical (unpaired) electrons. The van der Waals surface area contributed by atoms with Crippen molar-refractivity contribution in [2.24, 2.45) is 11.8 Å². The molecule has 3 aliphatic heterocycles. The first-order valence-corrected chi connectivity index (χ1v) is 18.4. The number of pyridine rings is 1. The Kier molecular flexibility index (Phi) is 10.3. The van der Waals surface area contributed by atoms with E-state index in [0.29, 0.717) is 35.0 Å². The van der Waals surface area contributed by atoms with Crippen molar-refractivity contribution < 1.29 is 36.6 Å². The molecule has 2 saturated heterocycles. The molecule has 2 amide bonds. The van der Waals surface area contributed by atoms with Crippen molar-refractivity contribution >= 4 is 39.1 Å². The molecule has 50 heavy (non-hydrogen) atoms. The number of sulfonamides is 1. The fraction of sp³-hybridized carbons (Fsp3) is 0.457. The molecular formula is C35H41ClFN5O7S. The van der Waals surface area contributed by atoms with Gasteiger partial charge in [0.1, 0.15) is 22.2 Å². The quantitative estimate of drug-likeness (QED) is 0.300. The number of nitrogens with one attached hydrogen (secondary N) is 1. The predicted molar refractivity (Wildman–Crippen MR) is 184 cm³/mol. The van der Waals surface area contributed by atoms with Crippen LogP contribution in [0.15, 0.2) is 53.6 Å². The van der Waals surface area contributed by atoms with Crippen molar-refractivity contribution in [2.75, 3.05) is 58.4 Å². The maximum Gasteiger partial charge on any atom is 0.274 e. The number of fused-ring (bicyclic) bond motifs is 1. The molecule has 268 valence electrons. The summed E-state index contributed by atoms with van der Waals surface area (Å²) in [4.78, 5) is 36.3. The second-order valence-electron chi connectivity index (χ2n) is 12.8. The zero-order valence-electron chi connectivity index (χ0n) is 28.4. The van der Waals surface area contributed by atoms with Crippen LogP contribution in [0.25, 0.3) is 0 Å². The van der Waals surface area contributed by atoms with E-state index in [0.717, 1.165) is 50.9 Å². The van der Waals surface area contributed by atoms with E-state index >= 15 is 9.18 Å². The number of benzene rings is 2. The SMILES string of the molecule is CCOc1ncccc1C1(C(=O)NN2CCC(C3CCN(C)CC3)CC2)C(=O)N(S(=O)(=O)c2ccc(OC)cc2OC)c2cc(F)c(Cl)cc21. The third-order valence-electron chi connectivity index (χ3n) is 10.1. The molecule has 1 atom stereocenters. The summed E-state index contributed by atoms with van der Waals surface area (Å²) in [6, 6.07) is 8.93. The molecule has 3 aromatic rings. The number of carbonyl (C=O) groups is 2. The van der Waals surface area contributed by atoms with Crippen LogP contribution in [-0.4, -0.2) is 89.2 Å². The molecule has 6 rings (SSSR count). The third-order valence-corrected chi connectivity index (χ3v) is 12.1. The number of halogens is 2. The number of aromatic nitrogens is 1. The van der Waals surface area contributed by atoms with Crippen molar-refractivity contribution in [2.45, 2.75) is 42.9 Å². The summed E-state index contributed by atoms with van der Waals surface area (Å²) in [6.45, 7) is 5.01. The number of methoxy groups -OCH3 is 2. The number of ether oxygens (including phenoxy) is 3. The summed E-state index contributed by atoms with van der Waals surface area (Å²) < 4.78 is 61.3. The highest BCUT2D eigenvalue weighted by atomic mass is 35.5. The molecule has 2 fully saturated rings. The first-order valence-electron chi connectivity index (χ1n) is 16.6. The van der Waals surface area contributed by atoms with Crippen LogP contribution in [0.5, 0.6) is 17.4 Å². The molecule has 0 bridgehead atoms. The van der Waals surface area contributed by atoms with Crippen LogP contribution in [0, 0.1) is 17.7 Å². The van der Waals surface area contributed by atoms with Crippen molar-refractivity contribution in [3.63, 3.8) is 0 Å². The van der Waals surface area contributed by atoms with E-state index in [9.17, 15) is 13.2 Å². The van der Waals surface area contributed by atoms with Gasteiger partial charge in [-0.25, -0.2) is 27.1 Å². The number of hydrogen-bond donors (Lipinski definition) is 1. The van der Waals surface area contributed by atoms with Gasteiger partial charge in [0.05, 0.1) is 31.5 Å². The summed E-state index contributed by atoms with van der Waals surface area (Å²) in [5, 5.41) is 1.35. The first kappa shape index (κ1) is 35.8. The fourth-order valence-corrected chi connectivity index (χ4v) is 9.21. The van der Waals surface area contributed by atoms with E-state index in [2.05, 4.69) is 22.4 Å². The largest absolute Gasteiger partial charge is 0.497 e. The number of anilines is 1. The van der Waals surface area contributed by atoms with Gasteiger partial charge in [0, 0.05) is 42.5 Å². The Balaban J connectivity index is 1.46. The molecule has 0 aliphatic carbocycles. The second kappa shape index (κ2) is 14.3. The lowest BCUT2D eigenvalue weighted by atomic mass is 9.74. The molecule has 4 heterocycles. The topological polar surface area (TPSA) is 131 Å². The molecule has 0 spiro atoms. The molecule has 3 aliphatic rings. The number of rotatable bonds is 10. The van der Waals surface area contributed by atoms with Gasteiger partial charge in [-0.1, -0.05) is 17.7 Å². The lowest BCUT2D eigenvalue weighted by Gasteiger charge is -2.40. The lowest BCUT2D eigenvalue weighted by Crippen LogP contribution is -2.58. The number of hydrogen-bond acceptors (Lipinski definition) is 10. The minimum absolute atomic E-state index is 0.0196. The number of carbonyl (C=O) groups excluding carboxylic acids is 2. The van der Waals surface area contributed by atoms with Crippen LogP contribution in [0.4, 0.5) is 10.1 Å². The van der Waals surface area contributed by atoms with Crippen LogP contribution in [-0.2, 0) is 25.0 Å². The molecular weight excluding hydrogens is 689 g/mol. The van der Waals surface area contributed by atoms with Crippen molar-refractivity contribution in [1.29, 1.82) is 0 Å². The Morgan fingerprint density at radius 3 is 2.34 bits per heavy atom. The van der Waals surface area contributed by atoms with Gasteiger partial charge in [-0.15, -0.1) is 0 Å². The Labute approximate surface area is 296 Å². The summed E-state index contributed by atoms with van der Waals surface area (Å²) in [6.07, 6.45) is 5.38. The summed E-state index contributed by atoms with van der Waals surface area (Å²) in [5.74, 6) is -1.79. The van der Waals surface area contributed by atoms with Crippen molar-refractivity contribution in [3.05, 3.63) is 70.6 Å². The van der Waals surface area contributed by atoms with Crippen molar-refractivity contribution in [1.82, 2.24) is 20.3 Å². The zero-order chi connectivity index (χ0) is 35.8. The van der Waals surface area contributed by atoms with Crippen LogP contribution >= 0.6 is 11.6 Å². The summed E-state index contributed by atoms with van der Waals surface area (Å²) in [7, 11) is -0.0507. The minimum Gasteiger partial charge on any atom is -0.497 e. The summed E-state index contributed by atoms with van der Waals surface area (Å²) >= 11 is 6.33. The fourth-order valence-electron chi connectivity index (χ4n) is 7.45. The summed E-state index contributed by atoms with van der Waals surface area (Å²) in [5.41, 5.74) is -0.000793. The third kappa shape index (κ3) is 6.16. The van der Waals surface area contributed by atoms with Crippen LogP contribution in [0.1, 0.15) is 43.7 Å². The number of nitrogens with zero attached hydrogens (tertiary/aromatic N) is 4. The highest BCUT2D eigenvalue weighted by Gasteiger charge is 2.63. The molecule has 12 nitrogen and oxygen atoms in total. The standard InChI is InChI=1S/C35H41ClFN5O7S/c1-5-49-32-25(7-6-14-38-32)35(33(43)39-41-17-12-23(13-18-41)22-10-15-40(2)16-11-22)26-20-27(36)28(37)21-29(26)42(34(35)44)50(45,46)31-9-8-24(47-3)19-30(31)48-4/h6-9,14,19-23H,5,10-13,15-18H2,1-4H3,(H,39,43). The predicted octanol–water partition coefficient (Wildman–Crippen LogP) is 4.40. The first-order chi connectivity index (χ1) is 24.0. The van der Waals surface area contributed by atoms with Crippen LogP contribution < -0.4 is 23.9 Å². The van der Waals surface area contributed by atoms with Crippen LogP contribution in [0.3, 0.4) is 0 Å². The molecule has 15 heteroatoms. The van der Waals surface area contributed by atoms with E-state index in [-0.39, 0.29) is 35.1 Å². The van der Waals surface area contributed by atoms with Gasteiger partial charge >= 0.3 is 0 Å². The maximum absolute atomic E-state index is 15.3. The van der Waals surface area contributed by atoms with E-state index in [1.165, 1.54) is 50.7 Å². The molecule has 0 saturated carbocycles. The highest BCUT2D eigenvalue weighted by Crippen LogP contribution is 2.52. The Bertz CT molecular complexity index is 1880. The number of hydrazine groups is 1. The molecule has 1 N–H and O–H groups in total. The molecule has 1 aromatic heterocycles. The van der Waals surface area contributed by atoms with E-state index in [1.54, 1.807) is 11.9 Å². The van der Waals surface area contributed by atoms with Gasteiger partial charge in [-0.2, -0.15) is 0 Å². The van der Waals surface area contributed by atoms with Crippen LogP contribution in [0.2, 0.25) is 5.02 Å². The van der Waals surface area contributed by atoms with Gasteiger partial charge in [0.2, 0.25) is 5.88 Å². The minimum atomic E-state index is -4.86. The van der Waals surface area contributed by atoms with Gasteiger partial charge in [0.15, 0.2) is 5.41 Å². The van der Waals surface area contributed by atoms with E-state index in [1.807, 2.05) is 0 Å². The average Bonchev–Trinajstić information content (AvgIpc) is 3.37. The lowest BCUT2D eigenvalue weighted by molar-refractivity contribution is -0.137. The average molecular weight is 730 g/mol. The maximum atomic E-state index is 15.3. The second-order valence-corrected chi connectivity index (χ2v) is 15.0. The van der Waals surface area contributed by atoms with E-state index in [4.69, 9.17) is 25.8 Å². The van der Waals surface area contributed by atoms with Gasteiger partial charge < -0.3 is 19.1 Å². The smallest absolute Gasteiger partial charge is 0.274 e. The van der Waals surface area contributed by atoms with Gasteiger partial charge in [-0.05, 0) is 88.8 Å². The number of amides is 2. The Morgan fingerprint density at radius 2 is 1.70 bits per heavy atom. The van der Waals surface area contributed by atoms with Crippen molar-refractivity contribution in [3.8, 4) is 17.4 Å². The monoisotopic (exact) mass is 729 g/mol. The molecule has 1 unspecified atom stereocenters. The number of piperidine rings is 2. The normalized spacial score (nSPS) is 20.8. The number of likely N-dealkylation sites (tertiary alicyclic amines) is 1. The Hall–Kier alpha value is -3.98. The highest BCUT2D eigenvalue weighted by molar-refractivity contribution is 7.93. The zero-order valence-corrected chi connectivity index (χ0v) is 30.0. The molecule has 2 aromatic carbocycles. The Morgan fingerprint density at radius 1 is 1.02 bits per heavy atom. The van der Waals surface area contributed by atoms with E-state index < -0.39 is 43.0 Å². The van der Waals surface area contributed by atoms with Gasteiger partial charge in [-0.3, -0.25) is 15.0 Å². The van der Waals surface area contributed by atoms with Gasteiger partial charge in [0.25, 0.3) is 21.8 Å².